The number of halogens is 1. The van der Waals surface area contributed by atoms with E-state index in [1.807, 2.05) is 0 Å². The minimum atomic E-state index is -0.446. The van der Waals surface area contributed by atoms with Gasteiger partial charge in [0.1, 0.15) is 5.82 Å². The van der Waals surface area contributed by atoms with E-state index in [-0.39, 0.29) is 5.82 Å². The number of aromatic nitrogens is 1. The second kappa shape index (κ2) is 9.49. The molecule has 0 N–H and O–H groups in total. The van der Waals surface area contributed by atoms with Gasteiger partial charge >= 0.3 is 0 Å². The number of fused-ring (bicyclic) bond motifs is 1. The average molecular weight is 416 g/mol. The molecule has 29 heavy (non-hydrogen) atoms. The Balaban J connectivity index is 1.93. The zero-order chi connectivity index (χ0) is 20.8. The zero-order valence-electron chi connectivity index (χ0n) is 16.3. The first-order valence-electron chi connectivity index (χ1n) is 8.83. The maximum Gasteiger partial charge on any atom is 0.272 e. The number of thiazole rings is 1. The molecule has 1 heterocycles. The van der Waals surface area contributed by atoms with Crippen molar-refractivity contribution < 1.29 is 23.4 Å². The van der Waals surface area contributed by atoms with Crippen LogP contribution in [0.2, 0.25) is 0 Å². The summed E-state index contributed by atoms with van der Waals surface area (Å²) < 4.78 is 32.3. The minimum Gasteiger partial charge on any atom is -0.493 e. The van der Waals surface area contributed by atoms with Crippen molar-refractivity contribution in [3.63, 3.8) is 0 Å². The normalized spacial score (nSPS) is 12.1. The molecule has 8 heteroatoms. The highest BCUT2D eigenvalue weighted by Gasteiger charge is 2.11. The number of ether oxygens (including phenoxy) is 3. The van der Waals surface area contributed by atoms with Gasteiger partial charge in [0, 0.05) is 19.7 Å². The van der Waals surface area contributed by atoms with Gasteiger partial charge in [-0.25, -0.2) is 4.39 Å². The monoisotopic (exact) mass is 416 g/mol. The molecule has 3 aromatic rings. The molecule has 0 fully saturated rings. The lowest BCUT2D eigenvalue weighted by molar-refractivity contribution is -0.113. The van der Waals surface area contributed by atoms with Gasteiger partial charge in [0.25, 0.3) is 5.91 Å². The van der Waals surface area contributed by atoms with Crippen LogP contribution in [-0.4, -0.2) is 38.4 Å². The van der Waals surface area contributed by atoms with E-state index in [0.29, 0.717) is 35.0 Å². The summed E-state index contributed by atoms with van der Waals surface area (Å²) in [7, 11) is 4.67. The van der Waals surface area contributed by atoms with Gasteiger partial charge in [-0.2, -0.15) is 4.99 Å². The van der Waals surface area contributed by atoms with Gasteiger partial charge in [-0.1, -0.05) is 23.5 Å². The van der Waals surface area contributed by atoms with Crippen molar-refractivity contribution in [1.82, 2.24) is 4.57 Å². The van der Waals surface area contributed by atoms with Crippen LogP contribution < -0.4 is 14.3 Å². The summed E-state index contributed by atoms with van der Waals surface area (Å²) in [5, 5.41) is 0. The van der Waals surface area contributed by atoms with Gasteiger partial charge in [0.15, 0.2) is 16.3 Å². The first-order valence-corrected chi connectivity index (χ1v) is 9.64. The van der Waals surface area contributed by atoms with E-state index in [4.69, 9.17) is 14.2 Å². The highest BCUT2D eigenvalue weighted by molar-refractivity contribution is 7.16. The molecule has 1 aromatic heterocycles. The van der Waals surface area contributed by atoms with Crippen molar-refractivity contribution in [2.75, 3.05) is 27.9 Å². The third-order valence-corrected chi connectivity index (χ3v) is 5.25. The van der Waals surface area contributed by atoms with Crippen LogP contribution in [0.15, 0.2) is 47.5 Å². The molecule has 0 saturated carbocycles. The topological polar surface area (TPSA) is 62.1 Å². The van der Waals surface area contributed by atoms with Gasteiger partial charge in [-0.3, -0.25) is 4.79 Å². The summed E-state index contributed by atoms with van der Waals surface area (Å²) in [5.41, 5.74) is 1.19. The van der Waals surface area contributed by atoms with Crippen molar-refractivity contribution >= 4 is 33.5 Å². The number of carbonyl (C=O) groups excluding carboxylic acids is 1. The fraction of sp³-hybridized carbons (Fsp3) is 0.238. The van der Waals surface area contributed by atoms with Gasteiger partial charge < -0.3 is 18.8 Å². The second-order valence-corrected chi connectivity index (χ2v) is 7.02. The molecule has 0 aliphatic rings. The molecule has 2 aromatic carbocycles. The second-order valence-electron chi connectivity index (χ2n) is 6.01. The lowest BCUT2D eigenvalue weighted by atomic mass is 10.2. The molecular weight excluding hydrogens is 395 g/mol. The number of hydrogen-bond donors (Lipinski definition) is 0. The average Bonchev–Trinajstić information content (AvgIpc) is 3.08. The summed E-state index contributed by atoms with van der Waals surface area (Å²) >= 11 is 1.26. The van der Waals surface area contributed by atoms with E-state index in [2.05, 4.69) is 4.99 Å². The third-order valence-electron chi connectivity index (χ3n) is 4.20. The molecule has 1 amide bonds. The quantitative estimate of drug-likeness (QED) is 0.552. The Bertz CT molecular complexity index is 1120. The lowest BCUT2D eigenvalue weighted by Gasteiger charge is -2.07. The Morgan fingerprint density at radius 3 is 2.69 bits per heavy atom. The Labute approximate surface area is 171 Å². The fourth-order valence-corrected chi connectivity index (χ4v) is 3.89. The molecular formula is C21H21FN2O4S. The van der Waals surface area contributed by atoms with Crippen LogP contribution >= 0.6 is 11.3 Å². The predicted octanol–water partition coefficient (Wildman–Crippen LogP) is 3.65. The number of carbonyl (C=O) groups is 1. The molecule has 3 rings (SSSR count). The fourth-order valence-electron chi connectivity index (χ4n) is 2.82. The van der Waals surface area contributed by atoms with Crippen LogP contribution in [0.4, 0.5) is 4.39 Å². The lowest BCUT2D eigenvalue weighted by Crippen LogP contribution is -2.19. The molecule has 0 aliphatic carbocycles. The maximum absolute atomic E-state index is 14.3. The standard InChI is InChI=1S/C21H21FN2O4S/c1-26-12-11-24-20-15(22)5-4-6-18(20)29-21(24)23-19(25)10-8-14-7-9-16(27-2)17(13-14)28-3/h4-10,13H,11-12H2,1-3H3. The molecule has 6 nitrogen and oxygen atoms in total. The SMILES string of the molecule is COCCn1c(=NC(=O)C=Cc2ccc(OC)c(OC)c2)sc2cccc(F)c21. The minimum absolute atomic E-state index is 0.357. The van der Waals surface area contributed by atoms with Crippen molar-refractivity contribution in [2.45, 2.75) is 6.54 Å². The van der Waals surface area contributed by atoms with Gasteiger partial charge in [0.05, 0.1) is 31.0 Å². The number of rotatable bonds is 7. The van der Waals surface area contributed by atoms with Crippen molar-refractivity contribution in [3.8, 4) is 11.5 Å². The van der Waals surface area contributed by atoms with Crippen LogP contribution in [-0.2, 0) is 16.1 Å². The number of nitrogens with zero attached hydrogens (tertiary/aromatic N) is 2. The van der Waals surface area contributed by atoms with Gasteiger partial charge in [-0.05, 0) is 35.9 Å². The summed E-state index contributed by atoms with van der Waals surface area (Å²) in [6.07, 6.45) is 3.00. The first kappa shape index (κ1) is 20.8. The van der Waals surface area contributed by atoms with Crippen LogP contribution in [0.25, 0.3) is 16.3 Å². The Hall–Kier alpha value is -2.97. The molecule has 0 unspecified atom stereocenters. The van der Waals surface area contributed by atoms with Crippen LogP contribution in [0.1, 0.15) is 5.56 Å². The predicted molar refractivity (Wildman–Crippen MR) is 111 cm³/mol. The highest BCUT2D eigenvalue weighted by atomic mass is 32.1. The van der Waals surface area contributed by atoms with E-state index in [1.165, 1.54) is 23.5 Å². The van der Waals surface area contributed by atoms with E-state index in [9.17, 15) is 9.18 Å². The third kappa shape index (κ3) is 4.72. The van der Waals surface area contributed by atoms with Gasteiger partial charge in [-0.15, -0.1) is 0 Å². The Morgan fingerprint density at radius 2 is 1.97 bits per heavy atom. The summed E-state index contributed by atoms with van der Waals surface area (Å²) in [4.78, 5) is 17.0. The van der Waals surface area contributed by atoms with E-state index in [1.54, 1.807) is 62.3 Å². The molecule has 0 bridgehead atoms. The molecule has 0 atom stereocenters. The summed E-state index contributed by atoms with van der Waals surface area (Å²) in [6.45, 7) is 0.770. The van der Waals surface area contributed by atoms with Gasteiger partial charge in [0.2, 0.25) is 0 Å². The summed E-state index contributed by atoms with van der Waals surface area (Å²) in [5.74, 6) is 0.367. The number of hydrogen-bond acceptors (Lipinski definition) is 5. The zero-order valence-corrected chi connectivity index (χ0v) is 17.2. The van der Waals surface area contributed by atoms with E-state index >= 15 is 0 Å². The first-order chi connectivity index (χ1) is 14.1. The Kier molecular flexibility index (Phi) is 6.79. The summed E-state index contributed by atoms with van der Waals surface area (Å²) in [6, 6.07) is 10.1. The molecule has 152 valence electrons. The molecule has 0 aliphatic heterocycles. The maximum atomic E-state index is 14.3. The molecule has 0 spiro atoms. The van der Waals surface area contributed by atoms with Crippen LogP contribution in [0.5, 0.6) is 11.5 Å². The van der Waals surface area contributed by atoms with Crippen molar-refractivity contribution in [1.29, 1.82) is 0 Å². The molecule has 0 saturated heterocycles. The van der Waals surface area contributed by atoms with Crippen LogP contribution in [0.3, 0.4) is 0 Å². The highest BCUT2D eigenvalue weighted by Crippen LogP contribution is 2.28. The smallest absolute Gasteiger partial charge is 0.272 e. The number of para-hydroxylation sites is 1. The Morgan fingerprint density at radius 1 is 1.17 bits per heavy atom. The number of methoxy groups -OCH3 is 3. The van der Waals surface area contributed by atoms with Crippen molar-refractivity contribution in [2.24, 2.45) is 4.99 Å². The van der Waals surface area contributed by atoms with E-state index in [0.717, 1.165) is 10.3 Å². The molecule has 0 radical (unpaired) electrons. The van der Waals surface area contributed by atoms with Crippen molar-refractivity contribution in [3.05, 3.63) is 58.7 Å². The van der Waals surface area contributed by atoms with E-state index < -0.39 is 5.91 Å². The van der Waals surface area contributed by atoms with Crippen LogP contribution in [0, 0.1) is 5.82 Å². The largest absolute Gasteiger partial charge is 0.493 e. The number of amides is 1. The number of benzene rings is 2.